The van der Waals surface area contributed by atoms with E-state index in [0.29, 0.717) is 13.0 Å². The molecule has 0 aromatic heterocycles. The Morgan fingerprint density at radius 1 is 1.17 bits per heavy atom. The third kappa shape index (κ3) is 5.87. The van der Waals surface area contributed by atoms with E-state index < -0.39 is 0 Å². The van der Waals surface area contributed by atoms with Gasteiger partial charge in [-0.1, -0.05) is 19.1 Å². The number of Topliss-reactive ketones (excluding diaryl/α,β-unsaturated/α-hetero) is 1. The van der Waals surface area contributed by atoms with Crippen LogP contribution in [0.4, 0.5) is 0 Å². The first kappa shape index (κ1) is 14.8. The zero-order valence-corrected chi connectivity index (χ0v) is 11.7. The molecule has 0 radical (unpaired) electrons. The average Bonchev–Trinajstić information content (AvgIpc) is 2.36. The van der Waals surface area contributed by atoms with Crippen LogP contribution in [0.2, 0.25) is 0 Å². The topological polar surface area (TPSA) is 46.2 Å². The highest BCUT2D eigenvalue weighted by molar-refractivity contribution is 7.99. The van der Waals surface area contributed by atoms with E-state index in [-0.39, 0.29) is 18.1 Å². The molecule has 0 aliphatic rings. The van der Waals surface area contributed by atoms with Crippen molar-refractivity contribution >= 4 is 23.5 Å². The lowest BCUT2D eigenvalue weighted by molar-refractivity contribution is -0.124. The standard InChI is InChI=1S/C14H19NO2S/c1-3-18-13-7-5-12(6-8-13)10-15-14(17)9-4-11(2)16/h5-8H,3-4,9-10H2,1-2H3,(H,15,17). The Labute approximate surface area is 112 Å². The monoisotopic (exact) mass is 265 g/mol. The van der Waals surface area contributed by atoms with Gasteiger partial charge in [0.25, 0.3) is 0 Å². The minimum absolute atomic E-state index is 0.0473. The predicted molar refractivity (Wildman–Crippen MR) is 74.6 cm³/mol. The summed E-state index contributed by atoms with van der Waals surface area (Å²) in [5.41, 5.74) is 1.08. The number of amides is 1. The Kier molecular flexibility index (Phi) is 6.50. The van der Waals surface area contributed by atoms with Gasteiger partial charge in [0.05, 0.1) is 0 Å². The minimum Gasteiger partial charge on any atom is -0.352 e. The molecular formula is C14H19NO2S. The van der Waals surface area contributed by atoms with Crippen LogP contribution in [-0.4, -0.2) is 17.4 Å². The summed E-state index contributed by atoms with van der Waals surface area (Å²) in [6.07, 6.45) is 0.594. The molecule has 18 heavy (non-hydrogen) atoms. The molecule has 0 atom stereocenters. The van der Waals surface area contributed by atoms with E-state index in [2.05, 4.69) is 24.4 Å². The van der Waals surface area contributed by atoms with Crippen LogP contribution in [0.25, 0.3) is 0 Å². The van der Waals surface area contributed by atoms with Crippen LogP contribution in [0, 0.1) is 0 Å². The molecule has 3 nitrogen and oxygen atoms in total. The number of hydrogen-bond donors (Lipinski definition) is 1. The molecule has 0 fully saturated rings. The van der Waals surface area contributed by atoms with Crippen LogP contribution in [-0.2, 0) is 16.1 Å². The number of carbonyl (C=O) groups is 2. The Bertz CT molecular complexity index is 401. The maximum atomic E-state index is 11.4. The summed E-state index contributed by atoms with van der Waals surface area (Å²) in [6.45, 7) is 4.14. The van der Waals surface area contributed by atoms with E-state index in [9.17, 15) is 9.59 Å². The van der Waals surface area contributed by atoms with E-state index in [0.717, 1.165) is 11.3 Å². The molecule has 0 aliphatic heterocycles. The van der Waals surface area contributed by atoms with Crippen LogP contribution in [0.15, 0.2) is 29.2 Å². The van der Waals surface area contributed by atoms with Crippen molar-refractivity contribution in [2.45, 2.75) is 38.1 Å². The van der Waals surface area contributed by atoms with Crippen molar-refractivity contribution in [1.29, 1.82) is 0 Å². The Morgan fingerprint density at radius 2 is 1.83 bits per heavy atom. The van der Waals surface area contributed by atoms with E-state index in [4.69, 9.17) is 0 Å². The maximum absolute atomic E-state index is 11.4. The fourth-order valence-corrected chi connectivity index (χ4v) is 2.11. The largest absolute Gasteiger partial charge is 0.352 e. The first-order chi connectivity index (χ1) is 8.61. The van der Waals surface area contributed by atoms with Gasteiger partial charge in [0.2, 0.25) is 5.91 Å². The molecule has 0 aliphatic carbocycles. The van der Waals surface area contributed by atoms with Crippen LogP contribution in [0.3, 0.4) is 0 Å². The van der Waals surface area contributed by atoms with Crippen molar-refractivity contribution in [3.05, 3.63) is 29.8 Å². The van der Waals surface area contributed by atoms with Gasteiger partial charge < -0.3 is 10.1 Å². The van der Waals surface area contributed by atoms with Crippen molar-refractivity contribution in [2.24, 2.45) is 0 Å². The number of ketones is 1. The van der Waals surface area contributed by atoms with Crippen LogP contribution >= 0.6 is 11.8 Å². The second-order valence-electron chi connectivity index (χ2n) is 4.06. The van der Waals surface area contributed by atoms with E-state index in [1.807, 2.05) is 12.1 Å². The van der Waals surface area contributed by atoms with Gasteiger partial charge in [-0.15, -0.1) is 11.8 Å². The maximum Gasteiger partial charge on any atom is 0.220 e. The number of hydrogen-bond acceptors (Lipinski definition) is 3. The van der Waals surface area contributed by atoms with Gasteiger partial charge >= 0.3 is 0 Å². The summed E-state index contributed by atoms with van der Waals surface area (Å²) >= 11 is 1.79. The second-order valence-corrected chi connectivity index (χ2v) is 5.39. The van der Waals surface area contributed by atoms with Crippen molar-refractivity contribution in [3.63, 3.8) is 0 Å². The number of rotatable bonds is 7. The summed E-state index contributed by atoms with van der Waals surface area (Å²) in [5.74, 6) is 1.03. The number of benzene rings is 1. The van der Waals surface area contributed by atoms with Crippen molar-refractivity contribution < 1.29 is 9.59 Å². The molecule has 1 rings (SSSR count). The fourth-order valence-electron chi connectivity index (χ4n) is 1.45. The quantitative estimate of drug-likeness (QED) is 0.771. The molecule has 0 heterocycles. The van der Waals surface area contributed by atoms with E-state index in [1.165, 1.54) is 11.8 Å². The molecule has 1 N–H and O–H groups in total. The predicted octanol–water partition coefficient (Wildman–Crippen LogP) is 2.78. The molecular weight excluding hydrogens is 246 g/mol. The van der Waals surface area contributed by atoms with Gasteiger partial charge in [-0.05, 0) is 30.4 Å². The molecule has 1 aromatic rings. The summed E-state index contributed by atoms with van der Waals surface area (Å²) in [5, 5.41) is 2.81. The summed E-state index contributed by atoms with van der Waals surface area (Å²) in [6, 6.07) is 8.16. The molecule has 0 spiro atoms. The Morgan fingerprint density at radius 3 is 2.39 bits per heavy atom. The highest BCUT2D eigenvalue weighted by atomic mass is 32.2. The SMILES string of the molecule is CCSc1ccc(CNC(=O)CCC(C)=O)cc1. The first-order valence-corrected chi connectivity index (χ1v) is 7.08. The van der Waals surface area contributed by atoms with Gasteiger partial charge in [-0.25, -0.2) is 0 Å². The van der Waals surface area contributed by atoms with Gasteiger partial charge in [0, 0.05) is 24.3 Å². The zero-order chi connectivity index (χ0) is 13.4. The van der Waals surface area contributed by atoms with Gasteiger partial charge in [0.15, 0.2) is 0 Å². The smallest absolute Gasteiger partial charge is 0.220 e. The highest BCUT2D eigenvalue weighted by Gasteiger charge is 2.03. The van der Waals surface area contributed by atoms with Crippen LogP contribution in [0.1, 0.15) is 32.3 Å². The van der Waals surface area contributed by atoms with Crippen molar-refractivity contribution in [3.8, 4) is 0 Å². The minimum atomic E-state index is -0.0720. The van der Waals surface area contributed by atoms with Crippen molar-refractivity contribution in [2.75, 3.05) is 5.75 Å². The van der Waals surface area contributed by atoms with Crippen molar-refractivity contribution in [1.82, 2.24) is 5.32 Å². The fraction of sp³-hybridized carbons (Fsp3) is 0.429. The number of carbonyl (C=O) groups excluding carboxylic acids is 2. The third-order valence-corrected chi connectivity index (χ3v) is 3.32. The lowest BCUT2D eigenvalue weighted by Gasteiger charge is -2.05. The van der Waals surface area contributed by atoms with E-state index >= 15 is 0 Å². The Hall–Kier alpha value is -1.29. The van der Waals surface area contributed by atoms with Gasteiger partial charge in [0.1, 0.15) is 5.78 Å². The summed E-state index contributed by atoms with van der Waals surface area (Å²) < 4.78 is 0. The van der Waals surface area contributed by atoms with E-state index in [1.54, 1.807) is 11.8 Å². The van der Waals surface area contributed by atoms with Crippen LogP contribution < -0.4 is 5.32 Å². The number of nitrogens with one attached hydrogen (secondary N) is 1. The molecule has 0 saturated carbocycles. The first-order valence-electron chi connectivity index (χ1n) is 6.09. The van der Waals surface area contributed by atoms with Gasteiger partial charge in [-0.3, -0.25) is 4.79 Å². The number of thioether (sulfide) groups is 1. The molecule has 0 unspecified atom stereocenters. The average molecular weight is 265 g/mol. The second kappa shape index (κ2) is 7.93. The van der Waals surface area contributed by atoms with Gasteiger partial charge in [-0.2, -0.15) is 0 Å². The Balaban J connectivity index is 2.34. The summed E-state index contributed by atoms with van der Waals surface area (Å²) in [4.78, 5) is 23.4. The molecule has 0 bridgehead atoms. The molecule has 0 saturated heterocycles. The lowest BCUT2D eigenvalue weighted by atomic mass is 10.2. The molecule has 1 aromatic carbocycles. The molecule has 1 amide bonds. The zero-order valence-electron chi connectivity index (χ0n) is 10.9. The lowest BCUT2D eigenvalue weighted by Crippen LogP contribution is -2.22. The molecule has 4 heteroatoms. The van der Waals surface area contributed by atoms with Crippen LogP contribution in [0.5, 0.6) is 0 Å². The highest BCUT2D eigenvalue weighted by Crippen LogP contribution is 2.17. The summed E-state index contributed by atoms with van der Waals surface area (Å²) in [7, 11) is 0. The molecule has 98 valence electrons. The normalized spacial score (nSPS) is 10.1. The third-order valence-electron chi connectivity index (χ3n) is 2.43.